The molecule has 2 fully saturated rings. The monoisotopic (exact) mass is 510 g/mol. The molecule has 0 saturated heterocycles. The van der Waals surface area contributed by atoms with Gasteiger partial charge in [0.05, 0.1) is 17.0 Å². The van der Waals surface area contributed by atoms with Crippen LogP contribution >= 0.6 is 0 Å². The van der Waals surface area contributed by atoms with Gasteiger partial charge in [-0.25, -0.2) is 5.10 Å². The number of anilines is 1. The molecule has 0 bridgehead atoms. The zero-order valence-electron chi connectivity index (χ0n) is 23.6. The molecule has 2 aliphatic carbocycles. The number of nitrogen functional groups attached to an aromatic ring is 1. The van der Waals surface area contributed by atoms with Gasteiger partial charge in [0.15, 0.2) is 0 Å². The largest absolute Gasteiger partial charge is 0.398 e. The van der Waals surface area contributed by atoms with Crippen LogP contribution in [0, 0.1) is 31.1 Å². The first-order valence-electron chi connectivity index (χ1n) is 14.4. The van der Waals surface area contributed by atoms with Crippen LogP contribution in [0.5, 0.6) is 0 Å². The number of nitrogens with one attached hydrogen (secondary N) is 2. The Hall–Kier alpha value is -3.34. The highest BCUT2D eigenvalue weighted by atomic mass is 16.1. The van der Waals surface area contributed by atoms with E-state index in [0.29, 0.717) is 11.3 Å². The summed E-state index contributed by atoms with van der Waals surface area (Å²) in [5.74, 6) is 2.22. The maximum absolute atomic E-state index is 12.4. The number of aromatic nitrogens is 3. The zero-order chi connectivity index (χ0) is 27.0. The minimum absolute atomic E-state index is 0.218. The molecule has 0 amide bonds. The Balaban J connectivity index is 0.000000222. The average molecular weight is 511 g/mol. The van der Waals surface area contributed by atoms with Gasteiger partial charge in [-0.05, 0) is 110 Å². The van der Waals surface area contributed by atoms with Gasteiger partial charge in [-0.3, -0.25) is 4.79 Å². The number of aromatic amines is 2. The van der Waals surface area contributed by atoms with E-state index in [1.807, 2.05) is 38.1 Å². The Morgan fingerprint density at radius 2 is 1.61 bits per heavy atom. The van der Waals surface area contributed by atoms with Crippen LogP contribution in [0.25, 0.3) is 33.4 Å². The summed E-state index contributed by atoms with van der Waals surface area (Å²) >= 11 is 0. The van der Waals surface area contributed by atoms with E-state index in [1.54, 1.807) is 12.8 Å². The lowest BCUT2D eigenvalue weighted by Gasteiger charge is -2.61. The van der Waals surface area contributed by atoms with Crippen molar-refractivity contribution in [3.63, 3.8) is 0 Å². The van der Waals surface area contributed by atoms with Gasteiger partial charge < -0.3 is 10.7 Å². The quantitative estimate of drug-likeness (QED) is 0.238. The van der Waals surface area contributed by atoms with Crippen LogP contribution in [-0.4, -0.2) is 15.2 Å². The number of nitrogens with two attached hydrogens (primary N) is 1. The first-order chi connectivity index (χ1) is 18.3. The standard InChI is InChI=1S/C22H22N4O.C11H20/c1-4-14-5-6-15-10-20(24-18(15)9-14)17-11-19(25-26-22(17)27)16-7-12(2)21(23)13(3)8-16;1-3-9-5-7-11(9)8-6-10(11)4-2/h5-11,24H,4,23H2,1-3H3,(H,26,27);9-10H,3-8H2,1-2H3. The van der Waals surface area contributed by atoms with Gasteiger partial charge in [-0.15, -0.1) is 0 Å². The van der Waals surface area contributed by atoms with Gasteiger partial charge in [-0.2, -0.15) is 5.10 Å². The molecule has 0 radical (unpaired) electrons. The predicted octanol–water partition coefficient (Wildman–Crippen LogP) is 7.96. The van der Waals surface area contributed by atoms with Crippen LogP contribution in [0.1, 0.15) is 76.0 Å². The van der Waals surface area contributed by atoms with Crippen molar-refractivity contribution in [3.05, 3.63) is 69.5 Å². The second-order valence-corrected chi connectivity index (χ2v) is 11.5. The van der Waals surface area contributed by atoms with E-state index in [0.717, 1.165) is 62.6 Å². The number of fused-ring (bicyclic) bond motifs is 1. The van der Waals surface area contributed by atoms with E-state index in [4.69, 9.17) is 5.73 Å². The van der Waals surface area contributed by atoms with E-state index in [-0.39, 0.29) is 5.56 Å². The minimum atomic E-state index is -0.218. The third-order valence-corrected chi connectivity index (χ3v) is 9.61. The molecule has 6 rings (SSSR count). The molecule has 4 N–H and O–H groups in total. The van der Waals surface area contributed by atoms with Gasteiger partial charge in [0.2, 0.25) is 0 Å². The minimum Gasteiger partial charge on any atom is -0.398 e. The van der Waals surface area contributed by atoms with Crippen LogP contribution in [-0.2, 0) is 6.42 Å². The van der Waals surface area contributed by atoms with Crippen molar-refractivity contribution in [2.45, 2.75) is 79.6 Å². The van der Waals surface area contributed by atoms with Crippen molar-refractivity contribution in [2.24, 2.45) is 17.3 Å². The molecule has 2 saturated carbocycles. The van der Waals surface area contributed by atoms with Crippen molar-refractivity contribution in [3.8, 4) is 22.5 Å². The molecule has 2 aromatic carbocycles. The van der Waals surface area contributed by atoms with Crippen LogP contribution < -0.4 is 11.3 Å². The number of aryl methyl sites for hydroxylation is 3. The average Bonchev–Trinajstić information content (AvgIpc) is 3.30. The van der Waals surface area contributed by atoms with Gasteiger partial charge in [-0.1, -0.05) is 45.7 Å². The summed E-state index contributed by atoms with van der Waals surface area (Å²) in [5, 5.41) is 7.95. The Kier molecular flexibility index (Phi) is 7.21. The molecule has 2 unspecified atom stereocenters. The van der Waals surface area contributed by atoms with E-state index in [1.165, 1.54) is 31.2 Å². The Morgan fingerprint density at radius 3 is 2.16 bits per heavy atom. The number of nitrogens with zero attached hydrogens (tertiary/aromatic N) is 1. The molecule has 4 aromatic rings. The highest BCUT2D eigenvalue weighted by molar-refractivity contribution is 5.86. The molecule has 1 spiro atoms. The lowest BCUT2D eigenvalue weighted by Crippen LogP contribution is -2.52. The molecule has 200 valence electrons. The van der Waals surface area contributed by atoms with E-state index < -0.39 is 0 Å². The second-order valence-electron chi connectivity index (χ2n) is 11.5. The molecular weight excluding hydrogens is 468 g/mol. The highest BCUT2D eigenvalue weighted by Gasteiger charge is 2.55. The van der Waals surface area contributed by atoms with Crippen LogP contribution in [0.3, 0.4) is 0 Å². The van der Waals surface area contributed by atoms with Crippen LogP contribution in [0.4, 0.5) is 5.69 Å². The van der Waals surface area contributed by atoms with Crippen LogP contribution in [0.2, 0.25) is 0 Å². The molecule has 2 heterocycles. The summed E-state index contributed by atoms with van der Waals surface area (Å²) in [6.07, 6.45) is 10.0. The summed E-state index contributed by atoms with van der Waals surface area (Å²) < 4.78 is 0. The Morgan fingerprint density at radius 1 is 0.947 bits per heavy atom. The fourth-order valence-electron chi connectivity index (χ4n) is 6.94. The molecular formula is C33H42N4O. The molecule has 2 atom stereocenters. The van der Waals surface area contributed by atoms with Gasteiger partial charge in [0.1, 0.15) is 0 Å². The number of H-pyrrole nitrogens is 2. The second kappa shape index (κ2) is 10.4. The fourth-order valence-corrected chi connectivity index (χ4v) is 6.94. The predicted molar refractivity (Wildman–Crippen MR) is 159 cm³/mol. The summed E-state index contributed by atoms with van der Waals surface area (Å²) in [5.41, 5.74) is 14.8. The number of benzene rings is 2. The molecule has 0 aliphatic heterocycles. The first kappa shape index (κ1) is 26.3. The number of rotatable bonds is 5. The Bertz CT molecular complexity index is 1470. The normalized spacial score (nSPS) is 22.0. The molecule has 5 nitrogen and oxygen atoms in total. The summed E-state index contributed by atoms with van der Waals surface area (Å²) in [6.45, 7) is 10.8. The lowest BCUT2D eigenvalue weighted by atomic mass is 9.43. The van der Waals surface area contributed by atoms with E-state index in [9.17, 15) is 4.79 Å². The SMILES string of the molecule is CCC1CCC12CCC2CC.CCc1ccc2cc(-c3cc(-c4cc(C)c(N)c(C)c4)n[nH]c3=O)[nH]c2c1. The maximum Gasteiger partial charge on any atom is 0.273 e. The van der Waals surface area contributed by atoms with Gasteiger partial charge >= 0.3 is 0 Å². The summed E-state index contributed by atoms with van der Waals surface area (Å²) in [6, 6.07) is 14.1. The van der Waals surface area contributed by atoms with E-state index >= 15 is 0 Å². The lowest BCUT2D eigenvalue weighted by molar-refractivity contribution is -0.115. The van der Waals surface area contributed by atoms with Crippen molar-refractivity contribution >= 4 is 16.6 Å². The molecule has 2 aromatic heterocycles. The Labute approximate surface area is 226 Å². The molecule has 5 heteroatoms. The molecule has 38 heavy (non-hydrogen) atoms. The van der Waals surface area contributed by atoms with E-state index in [2.05, 4.69) is 54.2 Å². The van der Waals surface area contributed by atoms with Crippen molar-refractivity contribution < 1.29 is 0 Å². The van der Waals surface area contributed by atoms with Crippen molar-refractivity contribution in [1.29, 1.82) is 0 Å². The zero-order valence-corrected chi connectivity index (χ0v) is 23.6. The number of hydrogen-bond acceptors (Lipinski definition) is 3. The number of hydrogen-bond donors (Lipinski definition) is 3. The topological polar surface area (TPSA) is 87.6 Å². The highest BCUT2D eigenvalue weighted by Crippen LogP contribution is 2.65. The third-order valence-electron chi connectivity index (χ3n) is 9.61. The van der Waals surface area contributed by atoms with Crippen molar-refractivity contribution in [1.82, 2.24) is 15.2 Å². The summed E-state index contributed by atoms with van der Waals surface area (Å²) in [7, 11) is 0. The third kappa shape index (κ3) is 4.57. The first-order valence-corrected chi connectivity index (χ1v) is 14.4. The van der Waals surface area contributed by atoms with Crippen molar-refractivity contribution in [2.75, 3.05) is 5.73 Å². The fraction of sp³-hybridized carbons (Fsp3) is 0.455. The smallest absolute Gasteiger partial charge is 0.273 e. The van der Waals surface area contributed by atoms with Gasteiger partial charge in [0.25, 0.3) is 5.56 Å². The van der Waals surface area contributed by atoms with Crippen LogP contribution in [0.15, 0.2) is 47.3 Å². The maximum atomic E-state index is 12.4. The van der Waals surface area contributed by atoms with Gasteiger partial charge in [0, 0.05) is 22.2 Å². The molecule has 2 aliphatic rings. The summed E-state index contributed by atoms with van der Waals surface area (Å²) in [4.78, 5) is 15.8.